The maximum atomic E-state index is 6.64. The van der Waals surface area contributed by atoms with Gasteiger partial charge in [-0.25, -0.2) is 4.98 Å². The Morgan fingerprint density at radius 3 is 2.18 bits per heavy atom. The minimum Gasteiger partial charge on any atom is -0.451 e. The van der Waals surface area contributed by atoms with Gasteiger partial charge in [0.25, 0.3) is 0 Å². The second-order valence-corrected chi connectivity index (χ2v) is 12.2. The quantitative estimate of drug-likeness (QED) is 0.185. The summed E-state index contributed by atoms with van der Waals surface area (Å²) in [7, 11) is 0. The van der Waals surface area contributed by atoms with Gasteiger partial charge in [0.1, 0.15) is 0 Å². The molecule has 2 bridgehead atoms. The lowest BCUT2D eigenvalue weighted by atomic mass is 10.0. The van der Waals surface area contributed by atoms with Gasteiger partial charge in [-0.15, -0.1) is 0 Å². The maximum Gasteiger partial charge on any atom is 0.176 e. The first-order valence-electron chi connectivity index (χ1n) is 15.6. The summed E-state index contributed by atoms with van der Waals surface area (Å²) in [6.07, 6.45) is 10.8. The van der Waals surface area contributed by atoms with E-state index in [1.807, 2.05) is 18.6 Å². The molecule has 2 fully saturated rings. The number of hydrogen-bond donors (Lipinski definition) is 2. The fraction of sp³-hybridized carbons (Fsp3) is 0.286. The SMILES string of the molecule is c1cc2c(cc1-c1ccc3[nH]ncc3c1)Oc1cc(-c3ccc4[nH]ncc4c3)cnc1N2CCCCCN1C[C@H]2C[C@@H]1CO2. The van der Waals surface area contributed by atoms with Crippen molar-refractivity contribution in [3.05, 3.63) is 79.3 Å². The van der Waals surface area contributed by atoms with E-state index < -0.39 is 0 Å². The number of rotatable bonds is 8. The van der Waals surface area contributed by atoms with E-state index in [2.05, 4.69) is 90.9 Å². The van der Waals surface area contributed by atoms with Crippen LogP contribution in [-0.2, 0) is 4.74 Å². The van der Waals surface area contributed by atoms with Crippen molar-refractivity contribution in [2.45, 2.75) is 37.8 Å². The number of nitrogens with one attached hydrogen (secondary N) is 2. The molecule has 3 aliphatic heterocycles. The molecule has 3 aliphatic rings. The summed E-state index contributed by atoms with van der Waals surface area (Å²) >= 11 is 0. The molecule has 0 unspecified atom stereocenters. The van der Waals surface area contributed by atoms with Gasteiger partial charge >= 0.3 is 0 Å². The first kappa shape index (κ1) is 25.7. The zero-order valence-corrected chi connectivity index (χ0v) is 24.4. The van der Waals surface area contributed by atoms with Crippen LogP contribution in [0.4, 0.5) is 11.5 Å². The highest BCUT2D eigenvalue weighted by Crippen LogP contribution is 2.48. The van der Waals surface area contributed by atoms with Crippen LogP contribution in [0.1, 0.15) is 25.7 Å². The van der Waals surface area contributed by atoms with Gasteiger partial charge in [-0.1, -0.05) is 24.6 Å². The molecule has 44 heavy (non-hydrogen) atoms. The van der Waals surface area contributed by atoms with Crippen LogP contribution in [0.15, 0.2) is 79.3 Å². The molecular weight excluding hydrogens is 550 g/mol. The molecule has 0 amide bonds. The number of fused-ring (bicyclic) bond motifs is 6. The molecular formula is C35H33N7O2. The molecule has 2 N–H and O–H groups in total. The molecule has 2 atom stereocenters. The predicted molar refractivity (Wildman–Crippen MR) is 172 cm³/mol. The number of aromatic amines is 2. The average Bonchev–Trinajstić information content (AvgIpc) is 3.88. The Morgan fingerprint density at radius 1 is 0.727 bits per heavy atom. The third-order valence-electron chi connectivity index (χ3n) is 9.45. The Labute approximate surface area is 254 Å². The number of benzene rings is 3. The van der Waals surface area contributed by atoms with Crippen LogP contribution in [0.5, 0.6) is 11.5 Å². The summed E-state index contributed by atoms with van der Waals surface area (Å²) in [5, 5.41) is 16.6. The summed E-state index contributed by atoms with van der Waals surface area (Å²) < 4.78 is 12.4. The lowest BCUT2D eigenvalue weighted by molar-refractivity contribution is 0.0300. The molecule has 0 saturated carbocycles. The highest BCUT2D eigenvalue weighted by atomic mass is 16.5. The number of aromatic nitrogens is 5. The van der Waals surface area contributed by atoms with Crippen LogP contribution in [0.2, 0.25) is 0 Å². The van der Waals surface area contributed by atoms with Gasteiger partial charge in [-0.05, 0) is 85.0 Å². The standard InChI is InChI=1S/C35H33N7O2/c1(2-10-41-20-29-16-28(41)21-43-29)3-11-42-32-9-6-24(22-4-7-30-26(12-22)18-37-39-30)14-33(32)44-34-15-25(17-36-35(34)42)23-5-8-31-27(13-23)19-38-40-31/h4-9,12-15,17-19,28-29H,1-3,10-11,16,20-21H2,(H,37,39)(H,38,40)/t28-,29-/m1/s1. The van der Waals surface area contributed by atoms with Crippen molar-refractivity contribution in [3.63, 3.8) is 0 Å². The Balaban J connectivity index is 1.01. The molecule has 2 saturated heterocycles. The number of hydrogen-bond acceptors (Lipinski definition) is 7. The summed E-state index contributed by atoms with van der Waals surface area (Å²) in [5.74, 6) is 2.49. The molecule has 9 rings (SSSR count). The molecule has 6 aromatic rings. The fourth-order valence-corrected chi connectivity index (χ4v) is 7.09. The van der Waals surface area contributed by atoms with Crippen molar-refractivity contribution >= 4 is 33.3 Å². The Morgan fingerprint density at radius 2 is 1.43 bits per heavy atom. The van der Waals surface area contributed by atoms with Crippen LogP contribution in [0, 0.1) is 0 Å². The number of unbranched alkanes of at least 4 members (excludes halogenated alkanes) is 2. The van der Waals surface area contributed by atoms with Gasteiger partial charge in [0.2, 0.25) is 0 Å². The van der Waals surface area contributed by atoms with Gasteiger partial charge in [0.05, 0.1) is 41.8 Å². The largest absolute Gasteiger partial charge is 0.451 e. The number of nitrogens with zero attached hydrogens (tertiary/aromatic N) is 5. The third-order valence-corrected chi connectivity index (χ3v) is 9.45. The van der Waals surface area contributed by atoms with Crippen molar-refractivity contribution in [1.29, 1.82) is 0 Å². The second-order valence-electron chi connectivity index (χ2n) is 12.2. The minimum absolute atomic E-state index is 0.463. The van der Waals surface area contributed by atoms with Crippen LogP contribution in [0.3, 0.4) is 0 Å². The normalized spacial score (nSPS) is 19.0. The molecule has 0 spiro atoms. The third kappa shape index (κ3) is 4.51. The molecule has 220 valence electrons. The Kier molecular flexibility index (Phi) is 6.12. The van der Waals surface area contributed by atoms with E-state index in [1.54, 1.807) is 0 Å². The van der Waals surface area contributed by atoms with E-state index in [4.69, 9.17) is 14.5 Å². The fourth-order valence-electron chi connectivity index (χ4n) is 7.09. The van der Waals surface area contributed by atoms with Gasteiger partial charge < -0.3 is 14.4 Å². The van der Waals surface area contributed by atoms with E-state index in [-0.39, 0.29) is 0 Å². The summed E-state index contributed by atoms with van der Waals surface area (Å²) in [6.45, 7) is 4.05. The number of ether oxygens (including phenoxy) is 2. The number of anilines is 2. The zero-order chi connectivity index (χ0) is 29.0. The Bertz CT molecular complexity index is 1870. The lowest BCUT2D eigenvalue weighted by Gasteiger charge is -2.32. The Hall–Kier alpha value is -4.73. The van der Waals surface area contributed by atoms with E-state index in [0.717, 1.165) is 99.7 Å². The molecule has 0 radical (unpaired) electrons. The van der Waals surface area contributed by atoms with E-state index in [1.165, 1.54) is 19.3 Å². The summed E-state index contributed by atoms with van der Waals surface area (Å²) in [5.41, 5.74) is 7.43. The summed E-state index contributed by atoms with van der Waals surface area (Å²) in [4.78, 5) is 9.95. The second kappa shape index (κ2) is 10.5. The number of likely N-dealkylation sites (tertiary alicyclic amines) is 1. The predicted octanol–water partition coefficient (Wildman–Crippen LogP) is 7.06. The highest BCUT2D eigenvalue weighted by Gasteiger charge is 2.38. The maximum absolute atomic E-state index is 6.64. The zero-order valence-electron chi connectivity index (χ0n) is 24.4. The van der Waals surface area contributed by atoms with Crippen LogP contribution >= 0.6 is 0 Å². The van der Waals surface area contributed by atoms with Gasteiger partial charge in [0.15, 0.2) is 17.3 Å². The molecule has 9 heteroatoms. The first-order chi connectivity index (χ1) is 21.7. The van der Waals surface area contributed by atoms with E-state index in [9.17, 15) is 0 Å². The average molecular weight is 584 g/mol. The topological polar surface area (TPSA) is 95.2 Å². The summed E-state index contributed by atoms with van der Waals surface area (Å²) in [6, 6.07) is 21.9. The first-order valence-corrected chi connectivity index (χ1v) is 15.6. The van der Waals surface area contributed by atoms with E-state index in [0.29, 0.717) is 12.1 Å². The van der Waals surface area contributed by atoms with Gasteiger partial charge in [0, 0.05) is 41.7 Å². The van der Waals surface area contributed by atoms with Crippen LogP contribution in [0.25, 0.3) is 44.1 Å². The van der Waals surface area contributed by atoms with Crippen LogP contribution < -0.4 is 9.64 Å². The smallest absolute Gasteiger partial charge is 0.176 e. The van der Waals surface area contributed by atoms with E-state index >= 15 is 0 Å². The highest BCUT2D eigenvalue weighted by molar-refractivity contribution is 5.87. The monoisotopic (exact) mass is 583 g/mol. The molecule has 3 aromatic carbocycles. The van der Waals surface area contributed by atoms with Crippen LogP contribution in [-0.4, -0.2) is 68.7 Å². The molecule has 3 aromatic heterocycles. The van der Waals surface area contributed by atoms with Crippen molar-refractivity contribution in [3.8, 4) is 33.8 Å². The molecule has 0 aliphatic carbocycles. The number of pyridine rings is 1. The van der Waals surface area contributed by atoms with Gasteiger partial charge in [-0.3, -0.25) is 15.1 Å². The molecule has 6 heterocycles. The minimum atomic E-state index is 0.463. The lowest BCUT2D eigenvalue weighted by Crippen LogP contribution is -2.37. The van der Waals surface area contributed by atoms with Crippen molar-refractivity contribution < 1.29 is 9.47 Å². The number of morpholine rings is 1. The molecule has 9 nitrogen and oxygen atoms in total. The number of H-pyrrole nitrogens is 2. The van der Waals surface area contributed by atoms with Gasteiger partial charge in [-0.2, -0.15) is 10.2 Å². The van der Waals surface area contributed by atoms with Crippen molar-refractivity contribution in [1.82, 2.24) is 30.3 Å². The van der Waals surface area contributed by atoms with Crippen molar-refractivity contribution in [2.75, 3.05) is 31.1 Å². The van der Waals surface area contributed by atoms with Crippen molar-refractivity contribution in [2.24, 2.45) is 0 Å².